The summed E-state index contributed by atoms with van der Waals surface area (Å²) in [5.41, 5.74) is 3.80. The number of fused-ring (bicyclic) bond motifs is 1. The molecule has 2 unspecified atom stereocenters. The smallest absolute Gasteiger partial charge is 0.119 e. The second kappa shape index (κ2) is 5.76. The van der Waals surface area contributed by atoms with Gasteiger partial charge in [-0.15, -0.1) is 6.58 Å². The van der Waals surface area contributed by atoms with E-state index in [9.17, 15) is 5.11 Å². The molecule has 0 aliphatic heterocycles. The minimum absolute atomic E-state index is 0.00169. The van der Waals surface area contributed by atoms with Crippen molar-refractivity contribution in [1.82, 2.24) is 0 Å². The van der Waals surface area contributed by atoms with Crippen molar-refractivity contribution in [3.05, 3.63) is 66.3 Å². The molecule has 1 aromatic carbocycles. The fourth-order valence-corrected chi connectivity index (χ4v) is 2.86. The van der Waals surface area contributed by atoms with Crippen LogP contribution in [-0.2, 0) is 0 Å². The number of allylic oxidation sites excluding steroid dienone is 4. The Balaban J connectivity index is 2.65. The first-order valence-corrected chi connectivity index (χ1v) is 7.19. The summed E-state index contributed by atoms with van der Waals surface area (Å²) in [6, 6.07) is 8.30. The highest BCUT2D eigenvalue weighted by atomic mass is 16.3. The first-order valence-electron chi connectivity index (χ1n) is 7.19. The van der Waals surface area contributed by atoms with Crippen LogP contribution < -0.4 is 0 Å². The Morgan fingerprint density at radius 3 is 2.48 bits per heavy atom. The molecule has 0 spiro atoms. The molecule has 0 bridgehead atoms. The highest BCUT2D eigenvalue weighted by molar-refractivity contribution is 5.76. The fraction of sp³-hybridized carbons (Fsp3) is 0.300. The van der Waals surface area contributed by atoms with E-state index < -0.39 is 5.60 Å². The third-order valence-corrected chi connectivity index (χ3v) is 3.86. The van der Waals surface area contributed by atoms with Gasteiger partial charge in [0.2, 0.25) is 0 Å². The summed E-state index contributed by atoms with van der Waals surface area (Å²) >= 11 is 0. The molecule has 1 N–H and O–H groups in total. The highest BCUT2D eigenvalue weighted by Gasteiger charge is 2.30. The van der Waals surface area contributed by atoms with Crippen molar-refractivity contribution < 1.29 is 5.11 Å². The van der Waals surface area contributed by atoms with Crippen LogP contribution in [0, 0.1) is 17.8 Å². The number of aliphatic hydroxyl groups is 1. The average Bonchev–Trinajstić information content (AvgIpc) is 2.45. The molecular formula is C20H22O. The molecular weight excluding hydrogens is 256 g/mol. The van der Waals surface area contributed by atoms with E-state index in [1.165, 1.54) is 22.3 Å². The van der Waals surface area contributed by atoms with Crippen LogP contribution in [0.1, 0.15) is 37.8 Å². The lowest BCUT2D eigenvalue weighted by Gasteiger charge is -2.31. The zero-order chi connectivity index (χ0) is 15.6. The van der Waals surface area contributed by atoms with Crippen LogP contribution in [-0.4, -0.2) is 10.7 Å². The minimum atomic E-state index is -0.995. The van der Waals surface area contributed by atoms with Crippen LogP contribution in [0.4, 0.5) is 0 Å². The van der Waals surface area contributed by atoms with Gasteiger partial charge in [-0.3, -0.25) is 0 Å². The Kier molecular flexibility index (Phi) is 4.21. The van der Waals surface area contributed by atoms with Gasteiger partial charge in [-0.25, -0.2) is 0 Å². The Morgan fingerprint density at radius 1 is 1.24 bits per heavy atom. The molecule has 0 heterocycles. The van der Waals surface area contributed by atoms with Crippen LogP contribution >= 0.6 is 0 Å². The zero-order valence-corrected chi connectivity index (χ0v) is 13.0. The summed E-state index contributed by atoms with van der Waals surface area (Å²) in [5.74, 6) is 6.31. The molecule has 0 aromatic heterocycles. The summed E-state index contributed by atoms with van der Waals surface area (Å²) in [7, 11) is 0. The van der Waals surface area contributed by atoms with Crippen LogP contribution in [0.25, 0.3) is 5.57 Å². The van der Waals surface area contributed by atoms with Gasteiger partial charge in [0.05, 0.1) is 5.92 Å². The van der Waals surface area contributed by atoms with Gasteiger partial charge in [-0.05, 0) is 43.0 Å². The molecule has 1 aliphatic rings. The fourth-order valence-electron chi connectivity index (χ4n) is 2.86. The maximum Gasteiger partial charge on any atom is 0.119 e. The molecule has 108 valence electrons. The van der Waals surface area contributed by atoms with E-state index in [2.05, 4.69) is 44.1 Å². The second-order valence-electron chi connectivity index (χ2n) is 5.94. The number of hydrogen-bond donors (Lipinski definition) is 1. The first-order chi connectivity index (χ1) is 9.89. The predicted molar refractivity (Wildman–Crippen MR) is 89.7 cm³/mol. The molecule has 2 rings (SSSR count). The molecule has 1 aliphatic carbocycles. The largest absolute Gasteiger partial charge is 0.378 e. The normalized spacial score (nSPS) is 21.1. The molecule has 0 saturated carbocycles. The van der Waals surface area contributed by atoms with Crippen molar-refractivity contribution in [3.63, 3.8) is 0 Å². The summed E-state index contributed by atoms with van der Waals surface area (Å²) in [5, 5.41) is 9.90. The van der Waals surface area contributed by atoms with Gasteiger partial charge in [0.1, 0.15) is 5.60 Å². The van der Waals surface area contributed by atoms with Gasteiger partial charge in [0.25, 0.3) is 0 Å². The maximum absolute atomic E-state index is 9.90. The van der Waals surface area contributed by atoms with Gasteiger partial charge >= 0.3 is 0 Å². The van der Waals surface area contributed by atoms with E-state index in [1.807, 2.05) is 24.3 Å². The summed E-state index contributed by atoms with van der Waals surface area (Å²) in [4.78, 5) is 0. The monoisotopic (exact) mass is 278 g/mol. The van der Waals surface area contributed by atoms with Gasteiger partial charge in [-0.2, -0.15) is 0 Å². The van der Waals surface area contributed by atoms with Gasteiger partial charge < -0.3 is 5.11 Å². The maximum atomic E-state index is 9.90. The van der Waals surface area contributed by atoms with E-state index in [4.69, 9.17) is 0 Å². The van der Waals surface area contributed by atoms with Crippen molar-refractivity contribution in [3.8, 4) is 11.8 Å². The lowest BCUT2D eigenvalue weighted by Crippen LogP contribution is -2.20. The van der Waals surface area contributed by atoms with E-state index in [0.29, 0.717) is 0 Å². The van der Waals surface area contributed by atoms with E-state index >= 15 is 0 Å². The van der Waals surface area contributed by atoms with Crippen LogP contribution in [0.3, 0.4) is 0 Å². The molecule has 0 saturated heterocycles. The number of rotatable bonds is 2. The van der Waals surface area contributed by atoms with Crippen LogP contribution in [0.2, 0.25) is 0 Å². The van der Waals surface area contributed by atoms with Crippen molar-refractivity contribution >= 4 is 5.57 Å². The third kappa shape index (κ3) is 3.01. The summed E-state index contributed by atoms with van der Waals surface area (Å²) in [6.07, 6.45) is 3.83. The van der Waals surface area contributed by atoms with Crippen molar-refractivity contribution in [2.75, 3.05) is 0 Å². The van der Waals surface area contributed by atoms with Gasteiger partial charge in [0, 0.05) is 5.92 Å². The minimum Gasteiger partial charge on any atom is -0.378 e. The van der Waals surface area contributed by atoms with Crippen LogP contribution in [0.5, 0.6) is 0 Å². The molecule has 1 nitrogen and oxygen atoms in total. The first kappa shape index (κ1) is 15.4. The lowest BCUT2D eigenvalue weighted by atomic mass is 9.72. The summed E-state index contributed by atoms with van der Waals surface area (Å²) < 4.78 is 0. The van der Waals surface area contributed by atoms with Crippen molar-refractivity contribution in [2.24, 2.45) is 5.92 Å². The van der Waals surface area contributed by atoms with Gasteiger partial charge in [0.15, 0.2) is 0 Å². The van der Waals surface area contributed by atoms with E-state index in [0.717, 1.165) is 0 Å². The Morgan fingerprint density at radius 2 is 1.90 bits per heavy atom. The Labute approximate surface area is 127 Å². The number of hydrogen-bond acceptors (Lipinski definition) is 1. The molecule has 1 aromatic rings. The quantitative estimate of drug-likeness (QED) is 0.631. The van der Waals surface area contributed by atoms with Gasteiger partial charge in [-0.1, -0.05) is 54.8 Å². The number of benzene rings is 1. The Hall–Kier alpha value is -2.04. The second-order valence-corrected chi connectivity index (χ2v) is 5.94. The Bertz CT molecular complexity index is 659. The molecule has 0 fully saturated rings. The zero-order valence-electron chi connectivity index (χ0n) is 13.0. The van der Waals surface area contributed by atoms with Crippen molar-refractivity contribution in [2.45, 2.75) is 32.3 Å². The van der Waals surface area contributed by atoms with E-state index in [-0.39, 0.29) is 11.8 Å². The molecule has 0 radical (unpaired) electrons. The van der Waals surface area contributed by atoms with Crippen molar-refractivity contribution in [1.29, 1.82) is 0 Å². The highest BCUT2D eigenvalue weighted by Crippen LogP contribution is 2.43. The third-order valence-electron chi connectivity index (χ3n) is 3.86. The van der Waals surface area contributed by atoms with E-state index in [1.54, 1.807) is 13.8 Å². The molecule has 2 atom stereocenters. The molecule has 0 amide bonds. The summed E-state index contributed by atoms with van der Waals surface area (Å²) in [6.45, 7) is 13.4. The predicted octanol–water partition coefficient (Wildman–Crippen LogP) is 4.32. The SMILES string of the molecule is C=CC1=C(C)c2ccccc2C(C#CC(C)(C)O)C1C=C. The standard InChI is InChI=1S/C20H22O/c1-6-15-14(3)17-10-8-9-11-18(17)19(16(15)7-2)12-13-20(4,5)21/h6-11,16,19,21H,1-2H2,3-5H3. The topological polar surface area (TPSA) is 20.2 Å². The molecule has 1 heteroatoms. The molecule has 21 heavy (non-hydrogen) atoms. The lowest BCUT2D eigenvalue weighted by molar-refractivity contribution is 0.143. The van der Waals surface area contributed by atoms with Crippen LogP contribution in [0.15, 0.2) is 55.1 Å². The average molecular weight is 278 g/mol.